The molecule has 20 heavy (non-hydrogen) atoms. The Kier molecular flexibility index (Phi) is 4.87. The first-order valence-corrected chi connectivity index (χ1v) is 8.02. The van der Waals surface area contributed by atoms with Gasteiger partial charge in [-0.25, -0.2) is 0 Å². The highest BCUT2D eigenvalue weighted by Gasteiger charge is 2.37. The van der Waals surface area contributed by atoms with Crippen molar-refractivity contribution >= 4 is 0 Å². The molecule has 0 saturated carbocycles. The van der Waals surface area contributed by atoms with Gasteiger partial charge in [0.15, 0.2) is 0 Å². The summed E-state index contributed by atoms with van der Waals surface area (Å²) in [5, 5.41) is 3.77. The van der Waals surface area contributed by atoms with Gasteiger partial charge in [-0.2, -0.15) is 0 Å². The van der Waals surface area contributed by atoms with Crippen molar-refractivity contribution in [3.63, 3.8) is 0 Å². The molecule has 0 bridgehead atoms. The predicted molar refractivity (Wildman–Crippen MR) is 86.9 cm³/mol. The first-order chi connectivity index (χ1) is 9.47. The van der Waals surface area contributed by atoms with Crippen molar-refractivity contribution in [1.29, 1.82) is 0 Å². The molecule has 2 atom stereocenters. The summed E-state index contributed by atoms with van der Waals surface area (Å²) in [5.41, 5.74) is 10.4. The molecule has 2 nitrogen and oxygen atoms in total. The van der Waals surface area contributed by atoms with Gasteiger partial charge in [0.2, 0.25) is 0 Å². The summed E-state index contributed by atoms with van der Waals surface area (Å²) in [7, 11) is 0. The predicted octanol–water partition coefficient (Wildman–Crippen LogP) is 3.59. The molecule has 1 unspecified atom stereocenters. The van der Waals surface area contributed by atoms with Crippen LogP contribution in [0.2, 0.25) is 0 Å². The first kappa shape index (κ1) is 15.5. The molecule has 2 rings (SSSR count). The molecule has 112 valence electrons. The van der Waals surface area contributed by atoms with E-state index in [0.717, 1.165) is 6.54 Å². The average Bonchev–Trinajstić information content (AvgIpc) is 2.42. The molecule has 3 N–H and O–H groups in total. The van der Waals surface area contributed by atoms with Crippen LogP contribution >= 0.6 is 0 Å². The van der Waals surface area contributed by atoms with Crippen LogP contribution in [0.3, 0.4) is 0 Å². The van der Waals surface area contributed by atoms with Crippen molar-refractivity contribution in [2.75, 3.05) is 6.54 Å². The second-order valence-corrected chi connectivity index (χ2v) is 7.18. The molecule has 0 spiro atoms. The Morgan fingerprint density at radius 1 is 1.30 bits per heavy atom. The van der Waals surface area contributed by atoms with Crippen LogP contribution in [0, 0.1) is 5.41 Å². The molecule has 1 aliphatic carbocycles. The lowest BCUT2D eigenvalue weighted by Gasteiger charge is -2.42. The molecule has 0 heterocycles. The second kappa shape index (κ2) is 6.28. The maximum Gasteiger partial charge on any atom is 0.0178 e. The number of hydrogen-bond donors (Lipinski definition) is 2. The van der Waals surface area contributed by atoms with E-state index in [1.807, 2.05) is 0 Å². The summed E-state index contributed by atoms with van der Waals surface area (Å²) in [6.45, 7) is 11.1. The van der Waals surface area contributed by atoms with E-state index in [-0.39, 0.29) is 5.41 Å². The highest BCUT2D eigenvalue weighted by Crippen LogP contribution is 2.43. The smallest absolute Gasteiger partial charge is 0.0178 e. The van der Waals surface area contributed by atoms with E-state index >= 15 is 0 Å². The van der Waals surface area contributed by atoms with Gasteiger partial charge in [-0.15, -0.1) is 0 Å². The van der Waals surface area contributed by atoms with Crippen LogP contribution in [-0.4, -0.2) is 12.6 Å². The SMILES string of the molecule is CCCNC1CCc2cc(CN)ccc2[C@H]1C(C)(C)C. The third-order valence-corrected chi connectivity index (χ3v) is 4.49. The lowest BCUT2D eigenvalue weighted by Crippen LogP contribution is -2.44. The minimum atomic E-state index is 0.283. The van der Waals surface area contributed by atoms with Gasteiger partial charge in [0.05, 0.1) is 0 Å². The lowest BCUT2D eigenvalue weighted by atomic mass is 9.66. The molecule has 2 heteroatoms. The van der Waals surface area contributed by atoms with E-state index in [1.54, 1.807) is 0 Å². The molecule has 1 aliphatic rings. The Bertz CT molecular complexity index is 445. The highest BCUT2D eigenvalue weighted by atomic mass is 14.9. The van der Waals surface area contributed by atoms with E-state index in [4.69, 9.17) is 5.73 Å². The van der Waals surface area contributed by atoms with E-state index in [0.29, 0.717) is 18.5 Å². The van der Waals surface area contributed by atoms with Crippen LogP contribution < -0.4 is 11.1 Å². The number of nitrogens with two attached hydrogens (primary N) is 1. The fourth-order valence-electron chi connectivity index (χ4n) is 3.62. The zero-order chi connectivity index (χ0) is 14.8. The van der Waals surface area contributed by atoms with Gasteiger partial charge >= 0.3 is 0 Å². The van der Waals surface area contributed by atoms with E-state index in [9.17, 15) is 0 Å². The minimum absolute atomic E-state index is 0.283. The third kappa shape index (κ3) is 3.24. The maximum absolute atomic E-state index is 5.78. The van der Waals surface area contributed by atoms with Crippen LogP contribution in [0.1, 0.15) is 63.1 Å². The van der Waals surface area contributed by atoms with Crippen molar-refractivity contribution in [3.8, 4) is 0 Å². The molecule has 0 amide bonds. The first-order valence-electron chi connectivity index (χ1n) is 8.02. The molecule has 0 aliphatic heterocycles. The Morgan fingerprint density at radius 3 is 2.65 bits per heavy atom. The van der Waals surface area contributed by atoms with Crippen molar-refractivity contribution in [3.05, 3.63) is 34.9 Å². The third-order valence-electron chi connectivity index (χ3n) is 4.49. The summed E-state index contributed by atoms with van der Waals surface area (Å²) in [6, 6.07) is 7.46. The van der Waals surface area contributed by atoms with Crippen molar-refractivity contribution in [1.82, 2.24) is 5.32 Å². The summed E-state index contributed by atoms with van der Waals surface area (Å²) >= 11 is 0. The number of rotatable bonds is 4. The standard InChI is InChI=1S/C18H30N2/c1-5-10-20-16-9-7-14-11-13(12-19)6-8-15(14)17(16)18(2,3)4/h6,8,11,16-17,20H,5,7,9-10,12,19H2,1-4H3/t16?,17-/m1/s1. The van der Waals surface area contributed by atoms with Crippen molar-refractivity contribution in [2.45, 2.75) is 65.5 Å². The van der Waals surface area contributed by atoms with Gasteiger partial charge in [-0.1, -0.05) is 45.9 Å². The van der Waals surface area contributed by atoms with Gasteiger partial charge in [-0.05, 0) is 47.9 Å². The van der Waals surface area contributed by atoms with Gasteiger partial charge in [0.1, 0.15) is 0 Å². The Hall–Kier alpha value is -0.860. The zero-order valence-electron chi connectivity index (χ0n) is 13.5. The van der Waals surface area contributed by atoms with E-state index in [1.165, 1.54) is 36.0 Å². The fraction of sp³-hybridized carbons (Fsp3) is 0.667. The number of benzene rings is 1. The molecular formula is C18H30N2. The van der Waals surface area contributed by atoms with Crippen molar-refractivity contribution < 1.29 is 0 Å². The van der Waals surface area contributed by atoms with Crippen LogP contribution in [0.5, 0.6) is 0 Å². The molecule has 1 aromatic carbocycles. The summed E-state index contributed by atoms with van der Waals surface area (Å²) in [6.07, 6.45) is 3.62. The highest BCUT2D eigenvalue weighted by molar-refractivity contribution is 5.39. The number of aryl methyl sites for hydroxylation is 1. The molecule has 0 fully saturated rings. The molecule has 0 radical (unpaired) electrons. The normalized spacial score (nSPS) is 22.6. The van der Waals surface area contributed by atoms with Gasteiger partial charge < -0.3 is 11.1 Å². The summed E-state index contributed by atoms with van der Waals surface area (Å²) in [5.74, 6) is 0.588. The average molecular weight is 274 g/mol. The second-order valence-electron chi connectivity index (χ2n) is 7.18. The van der Waals surface area contributed by atoms with Crippen LogP contribution in [0.15, 0.2) is 18.2 Å². The Labute approximate surface area is 124 Å². The van der Waals surface area contributed by atoms with E-state index < -0.39 is 0 Å². The molecule has 0 aromatic heterocycles. The summed E-state index contributed by atoms with van der Waals surface area (Å²) in [4.78, 5) is 0. The van der Waals surface area contributed by atoms with Gasteiger partial charge in [0.25, 0.3) is 0 Å². The largest absolute Gasteiger partial charge is 0.326 e. The fourth-order valence-corrected chi connectivity index (χ4v) is 3.62. The maximum atomic E-state index is 5.78. The zero-order valence-corrected chi connectivity index (χ0v) is 13.5. The Balaban J connectivity index is 2.34. The molecule has 1 aromatic rings. The monoisotopic (exact) mass is 274 g/mol. The Morgan fingerprint density at radius 2 is 2.05 bits per heavy atom. The van der Waals surface area contributed by atoms with Crippen molar-refractivity contribution in [2.24, 2.45) is 11.1 Å². The van der Waals surface area contributed by atoms with Crippen LogP contribution in [0.4, 0.5) is 0 Å². The number of hydrogen-bond acceptors (Lipinski definition) is 2. The van der Waals surface area contributed by atoms with Crippen LogP contribution in [0.25, 0.3) is 0 Å². The van der Waals surface area contributed by atoms with E-state index in [2.05, 4.69) is 51.2 Å². The van der Waals surface area contributed by atoms with Crippen LogP contribution in [-0.2, 0) is 13.0 Å². The molecular weight excluding hydrogens is 244 g/mol. The minimum Gasteiger partial charge on any atom is -0.326 e. The quantitative estimate of drug-likeness (QED) is 0.880. The van der Waals surface area contributed by atoms with Gasteiger partial charge in [0, 0.05) is 18.5 Å². The molecule has 0 saturated heterocycles. The topological polar surface area (TPSA) is 38.0 Å². The lowest BCUT2D eigenvalue weighted by molar-refractivity contribution is 0.232. The number of nitrogens with one attached hydrogen (secondary N) is 1. The summed E-state index contributed by atoms with van der Waals surface area (Å²) < 4.78 is 0. The number of fused-ring (bicyclic) bond motifs is 1. The van der Waals surface area contributed by atoms with Gasteiger partial charge in [-0.3, -0.25) is 0 Å².